The van der Waals surface area contributed by atoms with E-state index in [2.05, 4.69) is 5.32 Å². The number of hydrogen-bond donors (Lipinski definition) is 1. The van der Waals surface area contributed by atoms with Crippen molar-refractivity contribution in [1.29, 1.82) is 0 Å². The summed E-state index contributed by atoms with van der Waals surface area (Å²) in [5.41, 5.74) is 0.278. The number of anilines is 1. The zero-order chi connectivity index (χ0) is 16.4. The highest BCUT2D eigenvalue weighted by Crippen LogP contribution is 2.63. The predicted octanol–water partition coefficient (Wildman–Crippen LogP) is 5.26. The molecule has 0 radical (unpaired) electrons. The molecule has 4 nitrogen and oxygen atoms in total. The summed E-state index contributed by atoms with van der Waals surface area (Å²) >= 11 is 18.3. The van der Waals surface area contributed by atoms with Gasteiger partial charge in [-0.1, -0.05) is 25.4 Å². The fourth-order valence-electron chi connectivity index (χ4n) is 1.88. The van der Waals surface area contributed by atoms with Crippen molar-refractivity contribution in [2.45, 2.75) is 31.0 Å². The van der Waals surface area contributed by atoms with E-state index in [9.17, 15) is 4.79 Å². The van der Waals surface area contributed by atoms with E-state index in [-0.39, 0.29) is 5.41 Å². The lowest BCUT2D eigenvalue weighted by atomic mass is 10.2. The molecule has 0 heterocycles. The Bertz CT molecular complexity index is 565. The molecule has 0 spiro atoms. The van der Waals surface area contributed by atoms with Crippen LogP contribution in [0.25, 0.3) is 0 Å². The number of ether oxygens (including phenoxy) is 2. The van der Waals surface area contributed by atoms with E-state index < -0.39 is 10.4 Å². The number of hydrogen-bond acceptors (Lipinski definition) is 3. The second kappa shape index (κ2) is 6.73. The first-order valence-electron chi connectivity index (χ1n) is 7.01. The van der Waals surface area contributed by atoms with Crippen LogP contribution in [0.15, 0.2) is 18.2 Å². The third-order valence-corrected chi connectivity index (χ3v) is 5.01. The van der Waals surface area contributed by atoms with Gasteiger partial charge in [-0.25, -0.2) is 4.79 Å². The van der Waals surface area contributed by atoms with Gasteiger partial charge in [0.25, 0.3) is 0 Å². The minimum absolute atomic E-state index is 0.264. The van der Waals surface area contributed by atoms with Crippen molar-refractivity contribution in [3.8, 4) is 5.75 Å². The van der Waals surface area contributed by atoms with Crippen LogP contribution in [0.2, 0.25) is 5.02 Å². The van der Waals surface area contributed by atoms with Gasteiger partial charge < -0.3 is 9.47 Å². The van der Waals surface area contributed by atoms with E-state index in [0.29, 0.717) is 36.1 Å². The quantitative estimate of drug-likeness (QED) is 0.698. The van der Waals surface area contributed by atoms with E-state index >= 15 is 0 Å². The van der Waals surface area contributed by atoms with Gasteiger partial charge in [0.1, 0.15) is 10.1 Å². The molecule has 1 atom stereocenters. The van der Waals surface area contributed by atoms with Crippen LogP contribution >= 0.6 is 34.8 Å². The Balaban J connectivity index is 1.91. The maximum Gasteiger partial charge on any atom is 0.411 e. The van der Waals surface area contributed by atoms with Gasteiger partial charge in [0.05, 0.1) is 18.2 Å². The Labute approximate surface area is 145 Å². The van der Waals surface area contributed by atoms with Crippen LogP contribution in [0.3, 0.4) is 0 Å². The average molecular weight is 367 g/mol. The Morgan fingerprint density at radius 1 is 1.41 bits per heavy atom. The van der Waals surface area contributed by atoms with E-state index in [1.165, 1.54) is 0 Å². The van der Waals surface area contributed by atoms with Gasteiger partial charge in [-0.3, -0.25) is 5.32 Å². The van der Waals surface area contributed by atoms with Crippen LogP contribution in [-0.4, -0.2) is 23.6 Å². The highest BCUT2D eigenvalue weighted by atomic mass is 35.5. The Morgan fingerprint density at radius 3 is 2.64 bits per heavy atom. The van der Waals surface area contributed by atoms with Gasteiger partial charge in [0, 0.05) is 11.1 Å². The standard InChI is InChI=1S/C15H18Cl3NO3/c1-3-6-21-13(20)19-10-4-5-12(11(16)7-10)22-9-14(2)8-15(14,17)18/h4-5,7H,3,6,8-9H2,1-2H3,(H,19,20). The normalized spacial score (nSPS) is 22.0. The number of amides is 1. The summed E-state index contributed by atoms with van der Waals surface area (Å²) < 4.78 is 9.88. The number of benzene rings is 1. The second-order valence-corrected chi connectivity index (χ2v) is 7.53. The molecule has 1 N–H and O–H groups in total. The van der Waals surface area contributed by atoms with E-state index in [1.807, 2.05) is 13.8 Å². The molecule has 1 aliphatic rings. The summed E-state index contributed by atoms with van der Waals surface area (Å²) in [4.78, 5) is 11.5. The molecule has 2 rings (SSSR count). The number of nitrogens with one attached hydrogen (secondary N) is 1. The third-order valence-electron chi connectivity index (χ3n) is 3.53. The third kappa shape index (κ3) is 4.12. The van der Waals surface area contributed by atoms with Gasteiger partial charge in [0.15, 0.2) is 0 Å². The minimum Gasteiger partial charge on any atom is -0.491 e. The summed E-state index contributed by atoms with van der Waals surface area (Å²) in [6, 6.07) is 4.99. The molecule has 7 heteroatoms. The minimum atomic E-state index is -0.732. The van der Waals surface area contributed by atoms with Crippen LogP contribution in [0, 0.1) is 5.41 Å². The first-order chi connectivity index (χ1) is 10.3. The number of carbonyl (C=O) groups is 1. The van der Waals surface area contributed by atoms with Crippen molar-refractivity contribution in [3.63, 3.8) is 0 Å². The van der Waals surface area contributed by atoms with Crippen molar-refractivity contribution in [1.82, 2.24) is 0 Å². The van der Waals surface area contributed by atoms with Crippen LogP contribution < -0.4 is 10.1 Å². The summed E-state index contributed by atoms with van der Waals surface area (Å²) in [5.74, 6) is 0.520. The smallest absolute Gasteiger partial charge is 0.411 e. The fourth-order valence-corrected chi connectivity index (χ4v) is 2.82. The van der Waals surface area contributed by atoms with Crippen LogP contribution in [0.5, 0.6) is 5.75 Å². The van der Waals surface area contributed by atoms with Crippen molar-refractivity contribution in [2.75, 3.05) is 18.5 Å². The van der Waals surface area contributed by atoms with Crippen molar-refractivity contribution in [2.24, 2.45) is 5.41 Å². The first kappa shape index (κ1) is 17.5. The van der Waals surface area contributed by atoms with Gasteiger partial charge in [-0.05, 0) is 31.0 Å². The molecule has 0 saturated heterocycles. The van der Waals surface area contributed by atoms with Crippen LogP contribution in [-0.2, 0) is 4.74 Å². The second-order valence-electron chi connectivity index (χ2n) is 5.64. The lowest BCUT2D eigenvalue weighted by Crippen LogP contribution is -2.16. The Morgan fingerprint density at radius 2 is 2.09 bits per heavy atom. The molecule has 0 bridgehead atoms. The lowest BCUT2D eigenvalue weighted by Gasteiger charge is -2.15. The molecular formula is C15H18Cl3NO3. The predicted molar refractivity (Wildman–Crippen MR) is 89.4 cm³/mol. The van der Waals surface area contributed by atoms with Gasteiger partial charge in [0.2, 0.25) is 0 Å². The van der Waals surface area contributed by atoms with Crippen LogP contribution in [0.1, 0.15) is 26.7 Å². The van der Waals surface area contributed by atoms with Crippen LogP contribution in [0.4, 0.5) is 10.5 Å². The van der Waals surface area contributed by atoms with E-state index in [1.54, 1.807) is 18.2 Å². The van der Waals surface area contributed by atoms with Gasteiger partial charge >= 0.3 is 6.09 Å². The molecule has 1 aromatic carbocycles. The Kier molecular flexibility index (Phi) is 5.36. The number of halogens is 3. The highest BCUT2D eigenvalue weighted by Gasteiger charge is 2.63. The highest BCUT2D eigenvalue weighted by molar-refractivity contribution is 6.51. The molecule has 1 unspecified atom stereocenters. The molecule has 1 saturated carbocycles. The molecule has 0 aromatic heterocycles. The zero-order valence-corrected chi connectivity index (χ0v) is 14.7. The monoisotopic (exact) mass is 365 g/mol. The topological polar surface area (TPSA) is 47.6 Å². The fraction of sp³-hybridized carbons (Fsp3) is 0.533. The maximum atomic E-state index is 11.5. The molecular weight excluding hydrogens is 349 g/mol. The van der Waals surface area contributed by atoms with Gasteiger partial charge in [-0.15, -0.1) is 23.2 Å². The number of carbonyl (C=O) groups excluding carboxylic acids is 1. The summed E-state index contributed by atoms with van der Waals surface area (Å²) in [7, 11) is 0. The molecule has 0 aliphatic heterocycles. The molecule has 22 heavy (non-hydrogen) atoms. The lowest BCUT2D eigenvalue weighted by molar-refractivity contribution is 0.161. The first-order valence-corrected chi connectivity index (χ1v) is 8.15. The average Bonchev–Trinajstić information content (AvgIpc) is 2.94. The van der Waals surface area contributed by atoms with Crippen molar-refractivity contribution in [3.05, 3.63) is 23.2 Å². The molecule has 1 aromatic rings. The molecule has 1 fully saturated rings. The zero-order valence-electron chi connectivity index (χ0n) is 12.4. The SMILES string of the molecule is CCCOC(=O)Nc1ccc(OCC2(C)CC2(Cl)Cl)c(Cl)c1. The van der Waals surface area contributed by atoms with Gasteiger partial charge in [-0.2, -0.15) is 0 Å². The molecule has 1 amide bonds. The van der Waals surface area contributed by atoms with Crippen molar-refractivity contribution >= 4 is 46.6 Å². The summed E-state index contributed by atoms with van der Waals surface area (Å²) in [6.45, 7) is 4.64. The largest absolute Gasteiger partial charge is 0.491 e. The van der Waals surface area contributed by atoms with Crippen molar-refractivity contribution < 1.29 is 14.3 Å². The molecule has 122 valence electrons. The molecule has 1 aliphatic carbocycles. The number of alkyl halides is 2. The summed E-state index contributed by atoms with van der Waals surface area (Å²) in [5, 5.41) is 2.99. The van der Waals surface area contributed by atoms with E-state index in [0.717, 1.165) is 6.42 Å². The summed E-state index contributed by atoms with van der Waals surface area (Å²) in [6.07, 6.45) is 0.942. The Hall–Kier alpha value is -0.840. The number of rotatable bonds is 6. The maximum absolute atomic E-state index is 11.5. The van der Waals surface area contributed by atoms with E-state index in [4.69, 9.17) is 44.3 Å².